The molecular weight excluding hydrogens is 310 g/mol. The first-order valence-electron chi connectivity index (χ1n) is 8.53. The zero-order chi connectivity index (χ0) is 17.1. The lowest BCUT2D eigenvalue weighted by molar-refractivity contribution is 0.912. The topological polar surface area (TPSA) is 26.0 Å². The number of benzene rings is 2. The first kappa shape index (κ1) is 16.9. The van der Waals surface area contributed by atoms with Gasteiger partial charge in [0.15, 0.2) is 0 Å². The van der Waals surface area contributed by atoms with Gasteiger partial charge in [0.05, 0.1) is 0 Å². The van der Waals surface area contributed by atoms with Crippen molar-refractivity contribution in [2.45, 2.75) is 39.5 Å². The van der Waals surface area contributed by atoms with E-state index >= 15 is 0 Å². The van der Waals surface area contributed by atoms with Gasteiger partial charge in [-0.2, -0.15) is 0 Å². The van der Waals surface area contributed by atoms with Crippen molar-refractivity contribution in [3.05, 3.63) is 81.8 Å². The van der Waals surface area contributed by atoms with Crippen molar-refractivity contribution in [2.75, 3.05) is 5.73 Å². The molecule has 2 aromatic carbocycles. The van der Waals surface area contributed by atoms with Crippen LogP contribution in [0.4, 0.5) is 5.69 Å². The third-order valence-corrected chi connectivity index (χ3v) is 5.64. The Kier molecular flexibility index (Phi) is 5.15. The Balaban J connectivity index is 1.60. The molecular formula is C22H25NS. The van der Waals surface area contributed by atoms with E-state index < -0.39 is 0 Å². The molecule has 3 rings (SSSR count). The van der Waals surface area contributed by atoms with Crippen LogP contribution in [0.2, 0.25) is 0 Å². The fourth-order valence-electron chi connectivity index (χ4n) is 3.24. The van der Waals surface area contributed by atoms with Crippen LogP contribution in [0.15, 0.2) is 48.4 Å². The monoisotopic (exact) mass is 335 g/mol. The number of hydrogen-bond acceptors (Lipinski definition) is 2. The van der Waals surface area contributed by atoms with Crippen LogP contribution in [0.5, 0.6) is 0 Å². The van der Waals surface area contributed by atoms with Crippen LogP contribution in [0.3, 0.4) is 0 Å². The van der Waals surface area contributed by atoms with E-state index in [1.165, 1.54) is 47.1 Å². The summed E-state index contributed by atoms with van der Waals surface area (Å²) in [5.41, 5.74) is 14.8. The highest BCUT2D eigenvalue weighted by atomic mass is 32.2. The Bertz CT molecular complexity index is 802. The molecule has 0 heterocycles. The molecule has 1 nitrogen and oxygen atoms in total. The van der Waals surface area contributed by atoms with Gasteiger partial charge in [-0.25, -0.2) is 0 Å². The van der Waals surface area contributed by atoms with Crippen LogP contribution in [0.25, 0.3) is 4.91 Å². The Hall–Kier alpha value is -1.93. The molecule has 0 unspecified atom stereocenters. The maximum absolute atomic E-state index is 5.95. The summed E-state index contributed by atoms with van der Waals surface area (Å²) >= 11 is 1.71. The molecule has 124 valence electrons. The first-order valence-corrected chi connectivity index (χ1v) is 9.41. The molecule has 0 atom stereocenters. The number of nitrogens with two attached hydrogens (primary N) is 1. The summed E-state index contributed by atoms with van der Waals surface area (Å²) in [7, 11) is 0. The normalized spacial score (nSPS) is 13.4. The number of fused-ring (bicyclic) bond motifs is 1. The Morgan fingerprint density at radius 2 is 1.92 bits per heavy atom. The smallest absolute Gasteiger partial charge is 0.0346 e. The average molecular weight is 336 g/mol. The van der Waals surface area contributed by atoms with Gasteiger partial charge < -0.3 is 5.73 Å². The summed E-state index contributed by atoms with van der Waals surface area (Å²) in [5, 5.41) is 2.15. The fourth-order valence-corrected chi connectivity index (χ4v) is 3.86. The van der Waals surface area contributed by atoms with Gasteiger partial charge >= 0.3 is 0 Å². The van der Waals surface area contributed by atoms with Crippen molar-refractivity contribution in [1.82, 2.24) is 0 Å². The summed E-state index contributed by atoms with van der Waals surface area (Å²) < 4.78 is 0. The zero-order valence-electron chi connectivity index (χ0n) is 14.6. The summed E-state index contributed by atoms with van der Waals surface area (Å²) in [6.45, 7) is 8.42. The molecule has 0 fully saturated rings. The number of nitrogen functional groups attached to an aromatic ring is 1. The number of allylic oxidation sites excluding steroid dienone is 1. The van der Waals surface area contributed by atoms with Gasteiger partial charge in [0.2, 0.25) is 0 Å². The summed E-state index contributed by atoms with van der Waals surface area (Å²) in [6.07, 6.45) is 6.87. The predicted octanol–water partition coefficient (Wildman–Crippen LogP) is 5.83. The SMILES string of the molecule is C=C(S/C=C/Cc1cc(C)c(N)cc1C)c1ccc2c(c1)CCC2. The van der Waals surface area contributed by atoms with E-state index in [1.54, 1.807) is 11.8 Å². The van der Waals surface area contributed by atoms with Gasteiger partial charge in [0.25, 0.3) is 0 Å². The molecule has 0 spiro atoms. The van der Waals surface area contributed by atoms with E-state index in [-0.39, 0.29) is 0 Å². The lowest BCUT2D eigenvalue weighted by Crippen LogP contribution is -1.95. The molecule has 2 aromatic rings. The van der Waals surface area contributed by atoms with Crippen molar-refractivity contribution in [1.29, 1.82) is 0 Å². The molecule has 1 aliphatic rings. The molecule has 0 amide bonds. The Morgan fingerprint density at radius 1 is 1.12 bits per heavy atom. The maximum atomic E-state index is 5.95. The minimum atomic E-state index is 0.875. The third-order valence-electron chi connectivity index (χ3n) is 4.79. The summed E-state index contributed by atoms with van der Waals surface area (Å²) in [6, 6.07) is 11.1. The molecule has 0 aromatic heterocycles. The molecule has 0 bridgehead atoms. The largest absolute Gasteiger partial charge is 0.399 e. The zero-order valence-corrected chi connectivity index (χ0v) is 15.4. The van der Waals surface area contributed by atoms with Crippen molar-refractivity contribution < 1.29 is 0 Å². The van der Waals surface area contributed by atoms with Crippen molar-refractivity contribution in [3.63, 3.8) is 0 Å². The lowest BCUT2D eigenvalue weighted by atomic mass is 10.0. The first-order chi connectivity index (χ1) is 11.5. The quantitative estimate of drug-likeness (QED) is 0.695. The van der Waals surface area contributed by atoms with Crippen molar-refractivity contribution in [2.24, 2.45) is 0 Å². The number of anilines is 1. The van der Waals surface area contributed by atoms with E-state index in [0.29, 0.717) is 0 Å². The van der Waals surface area contributed by atoms with Crippen molar-refractivity contribution >= 4 is 22.4 Å². The van der Waals surface area contributed by atoms with E-state index in [0.717, 1.165) is 22.6 Å². The highest BCUT2D eigenvalue weighted by Gasteiger charge is 2.11. The van der Waals surface area contributed by atoms with Crippen LogP contribution in [0, 0.1) is 13.8 Å². The molecule has 2 heteroatoms. The number of aryl methyl sites for hydroxylation is 4. The minimum Gasteiger partial charge on any atom is -0.399 e. The third kappa shape index (κ3) is 3.76. The maximum Gasteiger partial charge on any atom is 0.0346 e. The molecule has 0 saturated carbocycles. The van der Waals surface area contributed by atoms with E-state index in [4.69, 9.17) is 5.73 Å². The fraction of sp³-hybridized carbons (Fsp3) is 0.273. The highest BCUT2D eigenvalue weighted by Crippen LogP contribution is 2.31. The Labute approximate surface area is 149 Å². The Morgan fingerprint density at radius 3 is 2.75 bits per heavy atom. The highest BCUT2D eigenvalue weighted by molar-refractivity contribution is 8.10. The second kappa shape index (κ2) is 7.31. The molecule has 0 saturated heterocycles. The molecule has 0 aliphatic heterocycles. The lowest BCUT2D eigenvalue weighted by Gasteiger charge is -2.08. The standard InChI is InChI=1S/C22H25NS/c1-15-13-22(23)16(2)12-19(15)8-5-11-24-17(3)20-10-9-18-6-4-7-21(18)14-20/h5,9-14H,3-4,6-8,23H2,1-2H3/b11-5+. The average Bonchev–Trinajstić information content (AvgIpc) is 3.03. The number of thioether (sulfide) groups is 1. The van der Waals surface area contributed by atoms with E-state index in [1.807, 2.05) is 0 Å². The van der Waals surface area contributed by atoms with Gasteiger partial charge in [-0.05, 0) is 84.4 Å². The molecule has 0 radical (unpaired) electrons. The summed E-state index contributed by atoms with van der Waals surface area (Å²) in [5.74, 6) is 0. The van der Waals surface area contributed by atoms with Crippen LogP contribution in [-0.4, -0.2) is 0 Å². The van der Waals surface area contributed by atoms with Crippen LogP contribution in [0.1, 0.15) is 39.8 Å². The van der Waals surface area contributed by atoms with E-state index in [9.17, 15) is 0 Å². The van der Waals surface area contributed by atoms with E-state index in [2.05, 4.69) is 62.2 Å². The molecule has 2 N–H and O–H groups in total. The van der Waals surface area contributed by atoms with Crippen molar-refractivity contribution in [3.8, 4) is 0 Å². The molecule has 1 aliphatic carbocycles. The summed E-state index contributed by atoms with van der Waals surface area (Å²) in [4.78, 5) is 1.12. The second-order valence-corrected chi connectivity index (χ2v) is 7.59. The minimum absolute atomic E-state index is 0.875. The number of rotatable bonds is 5. The second-order valence-electron chi connectivity index (χ2n) is 6.59. The number of hydrogen-bond donors (Lipinski definition) is 1. The van der Waals surface area contributed by atoms with Crippen LogP contribution < -0.4 is 5.73 Å². The van der Waals surface area contributed by atoms with Gasteiger partial charge in [-0.1, -0.05) is 48.7 Å². The predicted molar refractivity (Wildman–Crippen MR) is 108 cm³/mol. The van der Waals surface area contributed by atoms with Crippen LogP contribution >= 0.6 is 11.8 Å². The van der Waals surface area contributed by atoms with Gasteiger partial charge in [0.1, 0.15) is 0 Å². The molecule has 24 heavy (non-hydrogen) atoms. The van der Waals surface area contributed by atoms with Gasteiger partial charge in [-0.15, -0.1) is 0 Å². The van der Waals surface area contributed by atoms with Gasteiger partial charge in [-0.3, -0.25) is 0 Å². The van der Waals surface area contributed by atoms with Crippen LogP contribution in [-0.2, 0) is 19.3 Å². The van der Waals surface area contributed by atoms with Gasteiger partial charge in [0, 0.05) is 10.6 Å².